The molecule has 0 aliphatic carbocycles. The zero-order valence-electron chi connectivity index (χ0n) is 9.86. The maximum absolute atomic E-state index is 11.3. The van der Waals surface area contributed by atoms with Gasteiger partial charge in [-0.05, 0) is 20.1 Å². The van der Waals surface area contributed by atoms with Crippen LogP contribution in [-0.2, 0) is 4.74 Å². The molecular formula is C10H16N2O2S2. The fourth-order valence-electron chi connectivity index (χ4n) is 1.25. The number of aryl methyl sites for hydroxylation is 1. The molecule has 1 heterocycles. The van der Waals surface area contributed by atoms with E-state index < -0.39 is 0 Å². The third kappa shape index (κ3) is 3.38. The number of ether oxygens (including phenoxy) is 1. The Balaban J connectivity index is 2.73. The van der Waals surface area contributed by atoms with Crippen LogP contribution >= 0.6 is 23.1 Å². The van der Waals surface area contributed by atoms with E-state index in [2.05, 4.69) is 28.2 Å². The Kier molecular flexibility index (Phi) is 5.08. The molecule has 0 aliphatic heterocycles. The summed E-state index contributed by atoms with van der Waals surface area (Å²) in [6.07, 6.45) is 2.06. The molecule has 1 unspecified atom stereocenters. The van der Waals surface area contributed by atoms with E-state index in [0.717, 1.165) is 15.8 Å². The van der Waals surface area contributed by atoms with E-state index in [9.17, 15) is 4.79 Å². The lowest BCUT2D eigenvalue weighted by atomic mass is 10.4. The molecule has 0 aliphatic rings. The van der Waals surface area contributed by atoms with Crippen molar-refractivity contribution in [3.8, 4) is 0 Å². The van der Waals surface area contributed by atoms with Gasteiger partial charge in [0.25, 0.3) is 0 Å². The van der Waals surface area contributed by atoms with Crippen LogP contribution in [0.2, 0.25) is 0 Å². The van der Waals surface area contributed by atoms with Gasteiger partial charge < -0.3 is 10.1 Å². The van der Waals surface area contributed by atoms with Crippen molar-refractivity contribution < 1.29 is 9.53 Å². The smallest absolute Gasteiger partial charge is 0.357 e. The zero-order valence-corrected chi connectivity index (χ0v) is 11.5. The summed E-state index contributed by atoms with van der Waals surface area (Å²) in [4.78, 5) is 16.5. The van der Waals surface area contributed by atoms with Crippen LogP contribution in [-0.4, -0.2) is 36.1 Å². The predicted octanol–water partition coefficient (Wildman–Crippen LogP) is 2.40. The molecule has 1 N–H and O–H groups in total. The number of rotatable bonds is 5. The number of hydrogen-bond acceptors (Lipinski definition) is 6. The summed E-state index contributed by atoms with van der Waals surface area (Å²) in [7, 11) is 1.37. The third-order valence-corrected chi connectivity index (χ3v) is 3.70. The highest BCUT2D eigenvalue weighted by molar-refractivity contribution is 7.98. The molecule has 0 saturated carbocycles. The van der Waals surface area contributed by atoms with Gasteiger partial charge in [0.05, 0.1) is 7.11 Å². The molecule has 1 rings (SSSR count). The van der Waals surface area contributed by atoms with Crippen LogP contribution in [0.5, 0.6) is 0 Å². The van der Waals surface area contributed by atoms with Crippen LogP contribution in [0.3, 0.4) is 0 Å². The summed E-state index contributed by atoms with van der Waals surface area (Å²) in [5.41, 5.74) is 0.409. The second kappa shape index (κ2) is 6.10. The Labute approximate surface area is 104 Å². The molecule has 0 bridgehead atoms. The van der Waals surface area contributed by atoms with Crippen molar-refractivity contribution in [2.75, 3.05) is 24.4 Å². The molecule has 0 radical (unpaired) electrons. The lowest BCUT2D eigenvalue weighted by Gasteiger charge is -2.10. The quantitative estimate of drug-likeness (QED) is 0.824. The van der Waals surface area contributed by atoms with Crippen LogP contribution in [0.1, 0.15) is 22.3 Å². The van der Waals surface area contributed by atoms with Crippen molar-refractivity contribution in [3.05, 3.63) is 10.6 Å². The first-order valence-corrected chi connectivity index (χ1v) is 7.10. The Morgan fingerprint density at radius 3 is 2.94 bits per heavy atom. The van der Waals surface area contributed by atoms with Crippen LogP contribution < -0.4 is 5.32 Å². The Hall–Kier alpha value is -0.750. The van der Waals surface area contributed by atoms with Crippen molar-refractivity contribution in [2.24, 2.45) is 0 Å². The lowest BCUT2D eigenvalue weighted by Crippen LogP contribution is -2.17. The second-order valence-electron chi connectivity index (χ2n) is 3.42. The van der Waals surface area contributed by atoms with E-state index in [0.29, 0.717) is 11.7 Å². The van der Waals surface area contributed by atoms with E-state index in [-0.39, 0.29) is 5.97 Å². The topological polar surface area (TPSA) is 51.2 Å². The first-order valence-electron chi connectivity index (χ1n) is 4.89. The monoisotopic (exact) mass is 260 g/mol. The Morgan fingerprint density at radius 1 is 1.69 bits per heavy atom. The fourth-order valence-corrected chi connectivity index (χ4v) is 2.74. The highest BCUT2D eigenvalue weighted by atomic mass is 32.2. The van der Waals surface area contributed by atoms with Gasteiger partial charge in [-0.3, -0.25) is 0 Å². The summed E-state index contributed by atoms with van der Waals surface area (Å²) < 4.78 is 4.66. The summed E-state index contributed by atoms with van der Waals surface area (Å²) in [5, 5.41) is 4.04. The summed E-state index contributed by atoms with van der Waals surface area (Å²) >= 11 is 3.25. The van der Waals surface area contributed by atoms with Gasteiger partial charge in [0.15, 0.2) is 10.8 Å². The predicted molar refractivity (Wildman–Crippen MR) is 69.7 cm³/mol. The van der Waals surface area contributed by atoms with Gasteiger partial charge in [-0.15, -0.1) is 11.3 Å². The molecule has 0 fully saturated rings. The van der Waals surface area contributed by atoms with E-state index in [1.165, 1.54) is 18.4 Å². The minimum Gasteiger partial charge on any atom is -0.464 e. The fraction of sp³-hybridized carbons (Fsp3) is 0.600. The normalized spacial score (nSPS) is 12.2. The molecule has 1 aromatic heterocycles. The first kappa shape index (κ1) is 13.3. The van der Waals surface area contributed by atoms with Crippen LogP contribution in [0.15, 0.2) is 0 Å². The van der Waals surface area contributed by atoms with Crippen molar-refractivity contribution >= 4 is 34.2 Å². The number of carbonyl (C=O) groups excluding carboxylic acids is 1. The Morgan fingerprint density at radius 2 is 2.38 bits per heavy atom. The largest absolute Gasteiger partial charge is 0.464 e. The number of anilines is 1. The molecule has 90 valence electrons. The summed E-state index contributed by atoms with van der Waals surface area (Å²) in [5.74, 6) is 0.631. The molecule has 16 heavy (non-hydrogen) atoms. The number of nitrogens with zero attached hydrogens (tertiary/aromatic N) is 1. The number of carbonyl (C=O) groups is 1. The number of thiazole rings is 1. The number of hydrogen-bond donors (Lipinski definition) is 1. The van der Waals surface area contributed by atoms with Gasteiger partial charge in [-0.25, -0.2) is 9.78 Å². The molecule has 1 atom stereocenters. The number of nitrogens with one attached hydrogen (secondary N) is 1. The summed E-state index contributed by atoms with van der Waals surface area (Å²) in [6.45, 7) is 3.96. The van der Waals surface area contributed by atoms with Gasteiger partial charge in [0.2, 0.25) is 0 Å². The minimum atomic E-state index is -0.376. The van der Waals surface area contributed by atoms with Crippen LogP contribution in [0.4, 0.5) is 5.13 Å². The van der Waals surface area contributed by atoms with Gasteiger partial charge >= 0.3 is 5.97 Å². The van der Waals surface area contributed by atoms with E-state index >= 15 is 0 Å². The van der Waals surface area contributed by atoms with Gasteiger partial charge in [-0.2, -0.15) is 11.8 Å². The van der Waals surface area contributed by atoms with Gasteiger partial charge in [-0.1, -0.05) is 0 Å². The van der Waals surface area contributed by atoms with Crippen molar-refractivity contribution in [1.82, 2.24) is 4.98 Å². The molecule has 4 nitrogen and oxygen atoms in total. The highest BCUT2D eigenvalue weighted by Crippen LogP contribution is 2.23. The average Bonchev–Trinajstić information content (AvgIpc) is 2.58. The average molecular weight is 260 g/mol. The van der Waals surface area contributed by atoms with Crippen LogP contribution in [0.25, 0.3) is 0 Å². The first-order chi connectivity index (χ1) is 7.58. The maximum Gasteiger partial charge on any atom is 0.357 e. The van der Waals surface area contributed by atoms with Gasteiger partial charge in [0.1, 0.15) is 0 Å². The molecular weight excluding hydrogens is 244 g/mol. The lowest BCUT2D eigenvalue weighted by molar-refractivity contribution is 0.0594. The van der Waals surface area contributed by atoms with Crippen molar-refractivity contribution in [1.29, 1.82) is 0 Å². The van der Waals surface area contributed by atoms with E-state index in [4.69, 9.17) is 0 Å². The van der Waals surface area contributed by atoms with Crippen molar-refractivity contribution in [3.63, 3.8) is 0 Å². The molecule has 0 spiro atoms. The maximum atomic E-state index is 11.3. The summed E-state index contributed by atoms with van der Waals surface area (Å²) in [6, 6.07) is 0.339. The number of aromatic nitrogens is 1. The van der Waals surface area contributed by atoms with Crippen molar-refractivity contribution in [2.45, 2.75) is 19.9 Å². The SMILES string of the molecule is COC(=O)c1nc(NC(C)CSC)sc1C. The number of thioether (sulfide) groups is 1. The van der Waals surface area contributed by atoms with Crippen LogP contribution in [0, 0.1) is 6.92 Å². The second-order valence-corrected chi connectivity index (χ2v) is 5.53. The molecule has 0 saturated heterocycles. The minimum absolute atomic E-state index is 0.339. The zero-order chi connectivity index (χ0) is 12.1. The Bertz CT molecular complexity index is 366. The number of methoxy groups -OCH3 is 1. The van der Waals surface area contributed by atoms with Gasteiger partial charge in [0, 0.05) is 16.7 Å². The van der Waals surface area contributed by atoms with E-state index in [1.54, 1.807) is 11.8 Å². The molecule has 6 heteroatoms. The van der Waals surface area contributed by atoms with E-state index in [1.807, 2.05) is 6.92 Å². The molecule has 1 aromatic rings. The third-order valence-electron chi connectivity index (χ3n) is 1.96. The standard InChI is InChI=1S/C10H16N2O2S2/c1-6(5-15-4)11-10-12-8(7(2)16-10)9(13)14-3/h6H,5H2,1-4H3,(H,11,12). The molecule has 0 amide bonds. The molecule has 0 aromatic carbocycles. The number of esters is 1. The highest BCUT2D eigenvalue weighted by Gasteiger charge is 2.16.